The number of aryl methyl sites for hydroxylation is 1. The van der Waals surface area contributed by atoms with E-state index in [2.05, 4.69) is 70.7 Å². The third-order valence-electron chi connectivity index (χ3n) is 5.63. The first kappa shape index (κ1) is 21.0. The summed E-state index contributed by atoms with van der Waals surface area (Å²) in [4.78, 5) is 17.1. The molecule has 0 atom stereocenters. The standard InChI is InChI=1S/C24H34N4O/c1-4-27(5-2)22-12-13-23(19(3)18-22)26-24(29)14-15-25-20-8-10-21(11-9-20)28-16-6-7-17-28/h8-13,18,25H,4-7,14-17H2,1-3H3,(H,26,29). The van der Waals surface area contributed by atoms with Gasteiger partial charge in [0.2, 0.25) is 5.91 Å². The molecule has 0 aromatic heterocycles. The topological polar surface area (TPSA) is 47.6 Å². The van der Waals surface area contributed by atoms with Gasteiger partial charge in [-0.05, 0) is 81.6 Å². The molecule has 1 aliphatic heterocycles. The van der Waals surface area contributed by atoms with E-state index in [1.165, 1.54) is 24.2 Å². The van der Waals surface area contributed by atoms with Crippen molar-refractivity contribution in [2.75, 3.05) is 53.2 Å². The number of nitrogens with zero attached hydrogens (tertiary/aromatic N) is 2. The Morgan fingerprint density at radius 1 is 1.03 bits per heavy atom. The number of rotatable bonds is 9. The third kappa shape index (κ3) is 5.66. The fourth-order valence-corrected chi connectivity index (χ4v) is 3.87. The highest BCUT2D eigenvalue weighted by molar-refractivity contribution is 5.92. The third-order valence-corrected chi connectivity index (χ3v) is 5.63. The summed E-state index contributed by atoms with van der Waals surface area (Å²) in [5, 5.41) is 6.39. The molecule has 0 unspecified atom stereocenters. The molecule has 0 aliphatic carbocycles. The minimum atomic E-state index is 0.0323. The van der Waals surface area contributed by atoms with Crippen molar-refractivity contribution < 1.29 is 4.79 Å². The quantitative estimate of drug-likeness (QED) is 0.636. The predicted octanol–water partition coefficient (Wildman–Crippen LogP) is 4.88. The molecule has 2 N–H and O–H groups in total. The summed E-state index contributed by atoms with van der Waals surface area (Å²) in [6, 6.07) is 14.7. The van der Waals surface area contributed by atoms with Crippen LogP contribution in [-0.4, -0.2) is 38.6 Å². The van der Waals surface area contributed by atoms with E-state index in [1.54, 1.807) is 0 Å². The summed E-state index contributed by atoms with van der Waals surface area (Å²) in [5.74, 6) is 0.0323. The van der Waals surface area contributed by atoms with Crippen LogP contribution in [-0.2, 0) is 4.79 Å². The Bertz CT molecular complexity index is 793. The summed E-state index contributed by atoms with van der Waals surface area (Å²) >= 11 is 0. The number of anilines is 4. The van der Waals surface area contributed by atoms with Gasteiger partial charge in [-0.1, -0.05) is 0 Å². The monoisotopic (exact) mass is 394 g/mol. The second-order valence-electron chi connectivity index (χ2n) is 7.64. The number of carbonyl (C=O) groups is 1. The van der Waals surface area contributed by atoms with E-state index in [-0.39, 0.29) is 5.91 Å². The van der Waals surface area contributed by atoms with Crippen LogP contribution in [0.1, 0.15) is 38.7 Å². The van der Waals surface area contributed by atoms with E-state index >= 15 is 0 Å². The number of amides is 1. The van der Waals surface area contributed by atoms with Gasteiger partial charge < -0.3 is 20.4 Å². The highest BCUT2D eigenvalue weighted by Gasteiger charge is 2.12. The lowest BCUT2D eigenvalue weighted by Gasteiger charge is -2.22. The van der Waals surface area contributed by atoms with Crippen molar-refractivity contribution in [2.24, 2.45) is 0 Å². The van der Waals surface area contributed by atoms with Crippen LogP contribution in [0.2, 0.25) is 0 Å². The number of benzene rings is 2. The smallest absolute Gasteiger partial charge is 0.226 e. The van der Waals surface area contributed by atoms with Crippen molar-refractivity contribution in [3.63, 3.8) is 0 Å². The van der Waals surface area contributed by atoms with Crippen molar-refractivity contribution in [3.8, 4) is 0 Å². The molecular formula is C24H34N4O. The number of carbonyl (C=O) groups excluding carboxylic acids is 1. The highest BCUT2D eigenvalue weighted by atomic mass is 16.1. The lowest BCUT2D eigenvalue weighted by molar-refractivity contribution is -0.115. The largest absolute Gasteiger partial charge is 0.385 e. The molecule has 5 heteroatoms. The molecule has 5 nitrogen and oxygen atoms in total. The molecule has 0 spiro atoms. The second kappa shape index (κ2) is 10.2. The molecule has 156 valence electrons. The zero-order valence-corrected chi connectivity index (χ0v) is 18.0. The Hall–Kier alpha value is -2.69. The molecule has 1 amide bonds. The fourth-order valence-electron chi connectivity index (χ4n) is 3.87. The van der Waals surface area contributed by atoms with Crippen LogP contribution in [0.25, 0.3) is 0 Å². The molecule has 0 radical (unpaired) electrons. The lowest BCUT2D eigenvalue weighted by Crippen LogP contribution is -2.22. The molecule has 1 fully saturated rings. The molecule has 1 aliphatic rings. The van der Waals surface area contributed by atoms with E-state index < -0.39 is 0 Å². The first-order valence-corrected chi connectivity index (χ1v) is 10.8. The van der Waals surface area contributed by atoms with Gasteiger partial charge in [-0.3, -0.25) is 4.79 Å². The zero-order valence-electron chi connectivity index (χ0n) is 18.0. The van der Waals surface area contributed by atoms with Crippen molar-refractivity contribution in [1.29, 1.82) is 0 Å². The molecular weight excluding hydrogens is 360 g/mol. The first-order chi connectivity index (χ1) is 14.1. The van der Waals surface area contributed by atoms with Gasteiger partial charge in [0.05, 0.1) is 0 Å². The Kier molecular flexibility index (Phi) is 7.39. The maximum Gasteiger partial charge on any atom is 0.226 e. The Balaban J connectivity index is 1.46. The van der Waals surface area contributed by atoms with E-state index in [9.17, 15) is 4.79 Å². The van der Waals surface area contributed by atoms with Crippen molar-refractivity contribution in [1.82, 2.24) is 0 Å². The summed E-state index contributed by atoms with van der Waals surface area (Å²) in [6.07, 6.45) is 3.00. The van der Waals surface area contributed by atoms with E-state index in [4.69, 9.17) is 0 Å². The Morgan fingerprint density at radius 3 is 2.34 bits per heavy atom. The molecule has 1 heterocycles. The van der Waals surface area contributed by atoms with Crippen molar-refractivity contribution in [2.45, 2.75) is 40.0 Å². The van der Waals surface area contributed by atoms with E-state index in [0.29, 0.717) is 13.0 Å². The summed E-state index contributed by atoms with van der Waals surface area (Å²) in [7, 11) is 0. The van der Waals surface area contributed by atoms with Gasteiger partial charge in [-0.2, -0.15) is 0 Å². The maximum atomic E-state index is 12.3. The van der Waals surface area contributed by atoms with E-state index in [1.807, 2.05) is 13.0 Å². The van der Waals surface area contributed by atoms with Crippen LogP contribution in [0, 0.1) is 6.92 Å². The predicted molar refractivity (Wildman–Crippen MR) is 124 cm³/mol. The highest BCUT2D eigenvalue weighted by Crippen LogP contribution is 2.23. The molecule has 1 saturated heterocycles. The zero-order chi connectivity index (χ0) is 20.6. The van der Waals surface area contributed by atoms with Crippen LogP contribution in [0.15, 0.2) is 42.5 Å². The SMILES string of the molecule is CCN(CC)c1ccc(NC(=O)CCNc2ccc(N3CCCC3)cc2)c(C)c1. The van der Waals surface area contributed by atoms with Gasteiger partial charge in [-0.15, -0.1) is 0 Å². The Labute approximate surface area is 175 Å². The summed E-state index contributed by atoms with van der Waals surface area (Å²) in [6.45, 7) is 11.2. The van der Waals surface area contributed by atoms with Crippen molar-refractivity contribution >= 4 is 28.7 Å². The molecule has 3 rings (SSSR count). The van der Waals surface area contributed by atoms with Gasteiger partial charge in [0, 0.05) is 61.9 Å². The minimum Gasteiger partial charge on any atom is -0.385 e. The average Bonchev–Trinajstić information content (AvgIpc) is 3.26. The Morgan fingerprint density at radius 2 is 1.72 bits per heavy atom. The van der Waals surface area contributed by atoms with Crippen molar-refractivity contribution in [3.05, 3.63) is 48.0 Å². The van der Waals surface area contributed by atoms with Gasteiger partial charge >= 0.3 is 0 Å². The minimum absolute atomic E-state index is 0.0323. The normalized spacial score (nSPS) is 13.4. The fraction of sp³-hybridized carbons (Fsp3) is 0.458. The van der Waals surface area contributed by atoms with Gasteiger partial charge in [0.1, 0.15) is 0 Å². The van der Waals surface area contributed by atoms with Crippen LogP contribution >= 0.6 is 0 Å². The molecule has 2 aromatic rings. The van der Waals surface area contributed by atoms with Crippen LogP contribution < -0.4 is 20.4 Å². The van der Waals surface area contributed by atoms with Crippen LogP contribution in [0.4, 0.5) is 22.7 Å². The van der Waals surface area contributed by atoms with E-state index in [0.717, 1.165) is 43.1 Å². The van der Waals surface area contributed by atoms with Crippen LogP contribution in [0.3, 0.4) is 0 Å². The van der Waals surface area contributed by atoms with Gasteiger partial charge in [0.25, 0.3) is 0 Å². The lowest BCUT2D eigenvalue weighted by atomic mass is 10.1. The maximum absolute atomic E-state index is 12.3. The molecule has 2 aromatic carbocycles. The van der Waals surface area contributed by atoms with Gasteiger partial charge in [-0.25, -0.2) is 0 Å². The summed E-state index contributed by atoms with van der Waals surface area (Å²) in [5.41, 5.74) is 5.52. The van der Waals surface area contributed by atoms with Crippen LogP contribution in [0.5, 0.6) is 0 Å². The van der Waals surface area contributed by atoms with Gasteiger partial charge in [0.15, 0.2) is 0 Å². The molecule has 29 heavy (non-hydrogen) atoms. The molecule has 0 bridgehead atoms. The molecule has 0 saturated carbocycles. The summed E-state index contributed by atoms with van der Waals surface area (Å²) < 4.78 is 0. The number of nitrogens with one attached hydrogen (secondary N) is 2. The number of hydrogen-bond donors (Lipinski definition) is 2. The second-order valence-corrected chi connectivity index (χ2v) is 7.64. The first-order valence-electron chi connectivity index (χ1n) is 10.8. The average molecular weight is 395 g/mol. The number of hydrogen-bond acceptors (Lipinski definition) is 4.